The Kier molecular flexibility index (Phi) is 4.24. The lowest BCUT2D eigenvalue weighted by atomic mass is 9.87. The molecule has 1 aromatic heterocycles. The Balaban J connectivity index is 2.13. The van der Waals surface area contributed by atoms with Crippen molar-refractivity contribution in [2.45, 2.75) is 38.6 Å². The first kappa shape index (κ1) is 13.6. The molecule has 0 radical (unpaired) electrons. The minimum atomic E-state index is -0.411. The Labute approximate surface area is 113 Å². The summed E-state index contributed by atoms with van der Waals surface area (Å²) in [6.45, 7) is 2.28. The number of carbonyl (C=O) groups is 1. The third-order valence-corrected chi connectivity index (χ3v) is 3.67. The van der Waals surface area contributed by atoms with E-state index in [0.717, 1.165) is 18.8 Å². The van der Waals surface area contributed by atoms with Crippen molar-refractivity contribution in [3.05, 3.63) is 17.8 Å². The molecule has 1 heterocycles. The van der Waals surface area contributed by atoms with Crippen LogP contribution in [0.4, 0.5) is 11.5 Å². The van der Waals surface area contributed by atoms with Crippen LogP contribution in [0.25, 0.3) is 0 Å². The van der Waals surface area contributed by atoms with E-state index in [9.17, 15) is 4.79 Å². The number of hydrogen-bond acceptors (Lipinski definition) is 5. The monoisotopic (exact) mass is 263 g/mol. The molecular weight excluding hydrogens is 242 g/mol. The van der Waals surface area contributed by atoms with Crippen molar-refractivity contribution in [3.8, 4) is 0 Å². The van der Waals surface area contributed by atoms with Gasteiger partial charge in [0, 0.05) is 6.04 Å². The van der Waals surface area contributed by atoms with Crippen molar-refractivity contribution < 1.29 is 9.53 Å². The van der Waals surface area contributed by atoms with Crippen LogP contribution < -0.4 is 11.1 Å². The minimum Gasteiger partial charge on any atom is -0.465 e. The van der Waals surface area contributed by atoms with Gasteiger partial charge in [0.25, 0.3) is 0 Å². The van der Waals surface area contributed by atoms with Crippen molar-refractivity contribution in [3.63, 3.8) is 0 Å². The van der Waals surface area contributed by atoms with Crippen molar-refractivity contribution in [2.24, 2.45) is 5.92 Å². The van der Waals surface area contributed by atoms with E-state index in [-0.39, 0.29) is 0 Å². The predicted octanol–water partition coefficient (Wildman–Crippen LogP) is 2.44. The number of nitrogen functional groups attached to an aromatic ring is 1. The first-order valence-corrected chi connectivity index (χ1v) is 6.70. The maximum atomic E-state index is 11.7. The largest absolute Gasteiger partial charge is 0.465 e. The van der Waals surface area contributed by atoms with Crippen molar-refractivity contribution in [1.82, 2.24) is 4.98 Å². The molecule has 1 saturated carbocycles. The van der Waals surface area contributed by atoms with Crippen LogP contribution in [0.2, 0.25) is 0 Å². The number of rotatable bonds is 3. The Morgan fingerprint density at radius 2 is 2.11 bits per heavy atom. The number of methoxy groups -OCH3 is 1. The van der Waals surface area contributed by atoms with Crippen LogP contribution in [0.15, 0.2) is 12.3 Å². The molecule has 0 aliphatic heterocycles. The fourth-order valence-corrected chi connectivity index (χ4v) is 2.46. The third-order valence-electron chi connectivity index (χ3n) is 3.67. The predicted molar refractivity (Wildman–Crippen MR) is 75.0 cm³/mol. The highest BCUT2D eigenvalue weighted by Crippen LogP contribution is 2.27. The third kappa shape index (κ3) is 3.36. The Bertz CT molecular complexity index is 454. The second-order valence-corrected chi connectivity index (χ2v) is 5.26. The fraction of sp³-hybridized carbons (Fsp3) is 0.571. The molecule has 1 fully saturated rings. The van der Waals surface area contributed by atoms with Crippen molar-refractivity contribution in [1.29, 1.82) is 0 Å². The zero-order valence-electron chi connectivity index (χ0n) is 11.5. The van der Waals surface area contributed by atoms with Crippen LogP contribution in [0.1, 0.15) is 43.0 Å². The summed E-state index contributed by atoms with van der Waals surface area (Å²) in [7, 11) is 1.36. The molecule has 0 bridgehead atoms. The van der Waals surface area contributed by atoms with Crippen LogP contribution in [-0.4, -0.2) is 24.1 Å². The summed E-state index contributed by atoms with van der Waals surface area (Å²) in [5, 5.41) is 3.34. The van der Waals surface area contributed by atoms with Gasteiger partial charge >= 0.3 is 5.97 Å². The highest BCUT2D eigenvalue weighted by atomic mass is 16.5. The number of pyridine rings is 1. The normalized spacial score (nSPS) is 22.8. The van der Waals surface area contributed by atoms with Gasteiger partial charge in [-0.3, -0.25) is 0 Å². The van der Waals surface area contributed by atoms with Crippen LogP contribution in [0, 0.1) is 5.92 Å². The number of aromatic nitrogens is 1. The lowest BCUT2D eigenvalue weighted by molar-refractivity contribution is 0.0601. The van der Waals surface area contributed by atoms with Gasteiger partial charge in [-0.15, -0.1) is 0 Å². The number of ether oxygens (including phenoxy) is 1. The molecule has 104 valence electrons. The molecule has 1 aromatic rings. The molecule has 0 amide bonds. The summed E-state index contributed by atoms with van der Waals surface area (Å²) < 4.78 is 4.76. The Morgan fingerprint density at radius 3 is 2.74 bits per heavy atom. The zero-order chi connectivity index (χ0) is 13.8. The van der Waals surface area contributed by atoms with Gasteiger partial charge in [0.05, 0.1) is 19.0 Å². The number of hydrogen-bond donors (Lipinski definition) is 2. The van der Waals surface area contributed by atoms with E-state index in [1.807, 2.05) is 0 Å². The van der Waals surface area contributed by atoms with E-state index in [2.05, 4.69) is 17.2 Å². The molecule has 0 atom stereocenters. The Hall–Kier alpha value is -1.78. The fourth-order valence-electron chi connectivity index (χ4n) is 2.46. The van der Waals surface area contributed by atoms with E-state index in [4.69, 9.17) is 10.5 Å². The molecule has 0 aromatic carbocycles. The molecule has 0 unspecified atom stereocenters. The van der Waals surface area contributed by atoms with Crippen LogP contribution in [-0.2, 0) is 4.74 Å². The topological polar surface area (TPSA) is 77.2 Å². The molecule has 5 heteroatoms. The van der Waals surface area contributed by atoms with E-state index in [0.29, 0.717) is 23.1 Å². The van der Waals surface area contributed by atoms with Crippen LogP contribution in [0.5, 0.6) is 0 Å². The molecule has 19 heavy (non-hydrogen) atoms. The highest BCUT2D eigenvalue weighted by molar-refractivity contribution is 5.95. The second-order valence-electron chi connectivity index (χ2n) is 5.26. The molecule has 0 spiro atoms. The quantitative estimate of drug-likeness (QED) is 0.819. The maximum Gasteiger partial charge on any atom is 0.341 e. The van der Waals surface area contributed by atoms with Gasteiger partial charge in [-0.05, 0) is 37.7 Å². The summed E-state index contributed by atoms with van der Waals surface area (Å²) in [6.07, 6.45) is 6.18. The van der Waals surface area contributed by atoms with Crippen LogP contribution in [0.3, 0.4) is 0 Å². The molecule has 5 nitrogen and oxygen atoms in total. The summed E-state index contributed by atoms with van der Waals surface area (Å²) in [4.78, 5) is 15.9. The van der Waals surface area contributed by atoms with Gasteiger partial charge in [-0.25, -0.2) is 9.78 Å². The summed E-state index contributed by atoms with van der Waals surface area (Å²) in [5.41, 5.74) is 6.54. The number of carbonyl (C=O) groups excluding carboxylic acids is 1. The molecule has 0 saturated heterocycles. The number of nitrogens with zero attached hydrogens (tertiary/aromatic N) is 1. The SMILES string of the molecule is COC(=O)c1cc(N)cnc1NC1CCC(C)CC1. The van der Waals surface area contributed by atoms with E-state index < -0.39 is 5.97 Å². The smallest absolute Gasteiger partial charge is 0.341 e. The average molecular weight is 263 g/mol. The van der Waals surface area contributed by atoms with Gasteiger partial charge in [0.1, 0.15) is 11.4 Å². The van der Waals surface area contributed by atoms with Crippen molar-refractivity contribution in [2.75, 3.05) is 18.2 Å². The second kappa shape index (κ2) is 5.91. The van der Waals surface area contributed by atoms with E-state index >= 15 is 0 Å². The summed E-state index contributed by atoms with van der Waals surface area (Å²) in [5.74, 6) is 0.949. The van der Waals surface area contributed by atoms with Gasteiger partial charge in [0.15, 0.2) is 0 Å². The number of nitrogens with two attached hydrogens (primary N) is 1. The molecular formula is C14H21N3O2. The van der Waals surface area contributed by atoms with Gasteiger partial charge in [-0.1, -0.05) is 6.92 Å². The first-order valence-electron chi connectivity index (χ1n) is 6.70. The molecule has 1 aliphatic carbocycles. The van der Waals surface area contributed by atoms with Gasteiger partial charge in [0.2, 0.25) is 0 Å². The summed E-state index contributed by atoms with van der Waals surface area (Å²) >= 11 is 0. The van der Waals surface area contributed by atoms with Gasteiger partial charge in [-0.2, -0.15) is 0 Å². The van der Waals surface area contributed by atoms with Crippen molar-refractivity contribution >= 4 is 17.5 Å². The molecule has 2 rings (SSSR count). The Morgan fingerprint density at radius 1 is 1.42 bits per heavy atom. The number of esters is 1. The molecule has 3 N–H and O–H groups in total. The number of nitrogens with one attached hydrogen (secondary N) is 1. The average Bonchev–Trinajstić information content (AvgIpc) is 2.42. The van der Waals surface area contributed by atoms with E-state index in [1.54, 1.807) is 12.3 Å². The molecule has 1 aliphatic rings. The zero-order valence-corrected chi connectivity index (χ0v) is 11.5. The van der Waals surface area contributed by atoms with Crippen LogP contribution >= 0.6 is 0 Å². The lowest BCUT2D eigenvalue weighted by Crippen LogP contribution is -2.26. The number of anilines is 2. The lowest BCUT2D eigenvalue weighted by Gasteiger charge is -2.27. The standard InChI is InChI=1S/C14H21N3O2/c1-9-3-5-11(6-4-9)17-13-12(14(18)19-2)7-10(15)8-16-13/h7-9,11H,3-6,15H2,1-2H3,(H,16,17). The minimum absolute atomic E-state index is 0.371. The van der Waals surface area contributed by atoms with E-state index in [1.165, 1.54) is 20.0 Å². The highest BCUT2D eigenvalue weighted by Gasteiger charge is 2.21. The first-order chi connectivity index (χ1) is 9.10. The summed E-state index contributed by atoms with van der Waals surface area (Å²) in [6, 6.07) is 1.97. The maximum absolute atomic E-state index is 11.7. The van der Waals surface area contributed by atoms with Gasteiger partial charge < -0.3 is 15.8 Å².